The van der Waals surface area contributed by atoms with E-state index in [-0.39, 0.29) is 5.56 Å². The minimum Gasteiger partial charge on any atom is -0.465 e. The van der Waals surface area contributed by atoms with Crippen LogP contribution in [0, 0.1) is 5.95 Å². The molecule has 86 valence electrons. The van der Waals surface area contributed by atoms with Crippen molar-refractivity contribution in [2.24, 2.45) is 5.73 Å². The van der Waals surface area contributed by atoms with Crippen molar-refractivity contribution in [1.29, 1.82) is 0 Å². The van der Waals surface area contributed by atoms with Gasteiger partial charge in [-0.15, -0.1) is 0 Å². The fourth-order valence-electron chi connectivity index (χ4n) is 1.12. The van der Waals surface area contributed by atoms with Gasteiger partial charge in [-0.2, -0.15) is 4.39 Å². The summed E-state index contributed by atoms with van der Waals surface area (Å²) in [5.41, 5.74) is 5.78. The summed E-state index contributed by atoms with van der Waals surface area (Å²) in [5, 5.41) is 0. The van der Waals surface area contributed by atoms with Crippen LogP contribution in [0.3, 0.4) is 0 Å². The number of carbonyl (C=O) groups excluding carboxylic acids is 1. The van der Waals surface area contributed by atoms with Crippen molar-refractivity contribution in [3.8, 4) is 0 Å². The van der Waals surface area contributed by atoms with Crippen molar-refractivity contribution < 1.29 is 13.9 Å². The monoisotopic (exact) mass is 224 g/mol. The molecule has 0 aliphatic heterocycles. The third-order valence-electron chi connectivity index (χ3n) is 1.91. The second-order valence-corrected chi connectivity index (χ2v) is 3.08. The van der Waals surface area contributed by atoms with Gasteiger partial charge in [0.25, 0.3) is 0 Å². The van der Waals surface area contributed by atoms with E-state index in [9.17, 15) is 9.18 Å². The third kappa shape index (κ3) is 3.13. The summed E-state index contributed by atoms with van der Waals surface area (Å²) >= 11 is 0. The van der Waals surface area contributed by atoms with Gasteiger partial charge in [0.05, 0.1) is 7.11 Å². The number of halogens is 1. The minimum absolute atomic E-state index is 0.169. The molecule has 1 heterocycles. The normalized spacial score (nSPS) is 10.7. The Morgan fingerprint density at radius 3 is 3.06 bits per heavy atom. The lowest BCUT2D eigenvalue weighted by molar-refractivity contribution is 0.0594. The molecule has 0 unspecified atom stereocenters. The van der Waals surface area contributed by atoms with Gasteiger partial charge in [-0.3, -0.25) is 0 Å². The molecule has 0 amide bonds. The van der Waals surface area contributed by atoms with E-state index in [4.69, 9.17) is 5.73 Å². The Balaban J connectivity index is 2.93. The number of hydrogen-bond acceptors (Lipinski definition) is 4. The lowest BCUT2D eigenvalue weighted by Crippen LogP contribution is -2.06. The van der Waals surface area contributed by atoms with Crippen LogP contribution in [0.5, 0.6) is 0 Å². The summed E-state index contributed by atoms with van der Waals surface area (Å²) in [6.07, 6.45) is 5.61. The maximum absolute atomic E-state index is 13.1. The molecule has 0 saturated heterocycles. The second kappa shape index (κ2) is 5.97. The van der Waals surface area contributed by atoms with E-state index >= 15 is 0 Å². The molecule has 0 aliphatic rings. The minimum atomic E-state index is -0.831. The van der Waals surface area contributed by atoms with Crippen LogP contribution >= 0.6 is 0 Å². The molecular formula is C11H13FN2O2. The molecule has 2 N–H and O–H groups in total. The molecular weight excluding hydrogens is 211 g/mol. The van der Waals surface area contributed by atoms with Crippen LogP contribution in [-0.4, -0.2) is 24.6 Å². The van der Waals surface area contributed by atoms with Crippen LogP contribution in [0.1, 0.15) is 22.3 Å². The van der Waals surface area contributed by atoms with Gasteiger partial charge in [0.2, 0.25) is 5.95 Å². The molecule has 1 aromatic heterocycles. The van der Waals surface area contributed by atoms with Crippen LogP contribution < -0.4 is 5.73 Å². The number of rotatable bonds is 4. The molecule has 0 spiro atoms. The molecule has 0 aliphatic carbocycles. The largest absolute Gasteiger partial charge is 0.465 e. The number of methoxy groups -OCH3 is 1. The summed E-state index contributed by atoms with van der Waals surface area (Å²) in [6, 6.07) is 1.39. The van der Waals surface area contributed by atoms with Crippen LogP contribution in [0.4, 0.5) is 4.39 Å². The van der Waals surface area contributed by atoms with E-state index in [1.807, 2.05) is 6.08 Å². The summed E-state index contributed by atoms with van der Waals surface area (Å²) in [7, 11) is 1.19. The van der Waals surface area contributed by atoms with Gasteiger partial charge in [-0.25, -0.2) is 9.78 Å². The van der Waals surface area contributed by atoms with Gasteiger partial charge in [-0.1, -0.05) is 12.2 Å². The van der Waals surface area contributed by atoms with Gasteiger partial charge in [0.1, 0.15) is 5.56 Å². The zero-order valence-corrected chi connectivity index (χ0v) is 8.94. The first-order chi connectivity index (χ1) is 7.69. The molecule has 0 radical (unpaired) electrons. The van der Waals surface area contributed by atoms with Gasteiger partial charge in [-0.05, 0) is 24.6 Å². The Morgan fingerprint density at radius 1 is 1.69 bits per heavy atom. The predicted molar refractivity (Wildman–Crippen MR) is 58.2 cm³/mol. The molecule has 0 atom stereocenters. The van der Waals surface area contributed by atoms with Crippen molar-refractivity contribution in [3.05, 3.63) is 35.4 Å². The molecule has 0 saturated carbocycles. The van der Waals surface area contributed by atoms with Crippen molar-refractivity contribution in [2.75, 3.05) is 13.7 Å². The van der Waals surface area contributed by atoms with Crippen molar-refractivity contribution >= 4 is 12.0 Å². The summed E-state index contributed by atoms with van der Waals surface area (Å²) in [5.74, 6) is -1.57. The van der Waals surface area contributed by atoms with Crippen LogP contribution in [0.2, 0.25) is 0 Å². The smallest absolute Gasteiger partial charge is 0.342 e. The fourth-order valence-corrected chi connectivity index (χ4v) is 1.12. The summed E-state index contributed by atoms with van der Waals surface area (Å²) < 4.78 is 17.6. The average Bonchev–Trinajstić information content (AvgIpc) is 2.30. The molecule has 1 aromatic rings. The Kier molecular flexibility index (Phi) is 4.60. The van der Waals surface area contributed by atoms with E-state index in [1.54, 1.807) is 6.08 Å². The number of carbonyl (C=O) groups is 1. The van der Waals surface area contributed by atoms with Gasteiger partial charge in [0.15, 0.2) is 0 Å². The van der Waals surface area contributed by atoms with Gasteiger partial charge >= 0.3 is 5.97 Å². The second-order valence-electron chi connectivity index (χ2n) is 3.08. The first kappa shape index (κ1) is 12.3. The number of pyridine rings is 1. The van der Waals surface area contributed by atoms with Crippen molar-refractivity contribution in [3.63, 3.8) is 0 Å². The molecule has 4 nitrogen and oxygen atoms in total. The Morgan fingerprint density at radius 2 is 2.44 bits per heavy atom. The average molecular weight is 224 g/mol. The van der Waals surface area contributed by atoms with Crippen LogP contribution in [-0.2, 0) is 4.74 Å². The van der Waals surface area contributed by atoms with Crippen molar-refractivity contribution in [1.82, 2.24) is 4.98 Å². The zero-order chi connectivity index (χ0) is 12.0. The molecule has 0 aromatic carbocycles. The lowest BCUT2D eigenvalue weighted by Gasteiger charge is -2.01. The summed E-state index contributed by atoms with van der Waals surface area (Å²) in [4.78, 5) is 14.6. The van der Waals surface area contributed by atoms with E-state index in [2.05, 4.69) is 9.72 Å². The number of nitrogens with zero attached hydrogens (tertiary/aromatic N) is 1. The SMILES string of the molecule is COC(=O)c1cc(C=CCCN)cnc1F. The topological polar surface area (TPSA) is 65.2 Å². The molecule has 0 fully saturated rings. The van der Waals surface area contributed by atoms with Crippen LogP contribution in [0.25, 0.3) is 6.08 Å². The predicted octanol–water partition coefficient (Wildman–Crippen LogP) is 1.37. The van der Waals surface area contributed by atoms with Gasteiger partial charge < -0.3 is 10.5 Å². The molecule has 16 heavy (non-hydrogen) atoms. The molecule has 5 heteroatoms. The third-order valence-corrected chi connectivity index (χ3v) is 1.91. The van der Waals surface area contributed by atoms with E-state index < -0.39 is 11.9 Å². The number of hydrogen-bond donors (Lipinski definition) is 1. The molecule has 1 rings (SSSR count). The highest BCUT2D eigenvalue weighted by Gasteiger charge is 2.13. The fraction of sp³-hybridized carbons (Fsp3) is 0.273. The zero-order valence-electron chi connectivity index (χ0n) is 8.94. The van der Waals surface area contributed by atoms with Crippen LogP contribution in [0.15, 0.2) is 18.3 Å². The first-order valence-electron chi connectivity index (χ1n) is 4.79. The number of aromatic nitrogens is 1. The first-order valence-corrected chi connectivity index (χ1v) is 4.79. The number of esters is 1. The maximum Gasteiger partial charge on any atom is 0.342 e. The molecule has 0 bridgehead atoms. The Hall–Kier alpha value is -1.75. The number of nitrogens with two attached hydrogens (primary N) is 1. The van der Waals surface area contributed by atoms with Crippen molar-refractivity contribution in [2.45, 2.75) is 6.42 Å². The van der Waals surface area contributed by atoms with E-state index in [0.717, 1.165) is 0 Å². The quantitative estimate of drug-likeness (QED) is 0.619. The van der Waals surface area contributed by atoms with Gasteiger partial charge in [0, 0.05) is 6.20 Å². The lowest BCUT2D eigenvalue weighted by atomic mass is 10.2. The maximum atomic E-state index is 13.1. The van der Waals surface area contributed by atoms with E-state index in [0.29, 0.717) is 18.5 Å². The van der Waals surface area contributed by atoms with E-state index in [1.165, 1.54) is 19.4 Å². The highest BCUT2D eigenvalue weighted by molar-refractivity contribution is 5.89. The number of ether oxygens (including phenoxy) is 1. The summed E-state index contributed by atoms with van der Waals surface area (Å²) in [6.45, 7) is 0.537. The Bertz CT molecular complexity index is 405. The standard InChI is InChI=1S/C11H13FN2O2/c1-16-11(15)9-6-8(4-2-3-5-13)7-14-10(9)12/h2,4,6-7H,3,5,13H2,1H3. The Labute approximate surface area is 92.9 Å². The highest BCUT2D eigenvalue weighted by atomic mass is 19.1. The highest BCUT2D eigenvalue weighted by Crippen LogP contribution is 2.10.